The van der Waals surface area contributed by atoms with Crippen LogP contribution in [0, 0.1) is 11.3 Å². The molecule has 3 aromatic rings. The number of benzene rings is 1. The van der Waals surface area contributed by atoms with Crippen molar-refractivity contribution < 1.29 is 8.42 Å². The molecule has 0 amide bonds. The topological polar surface area (TPSA) is 67.8 Å². The molecule has 0 saturated heterocycles. The predicted octanol–water partition coefficient (Wildman–Crippen LogP) is 2.60. The Balaban J connectivity index is 2.00. The number of nitriles is 1. The molecule has 0 aliphatic rings. The lowest BCUT2D eigenvalue weighted by molar-refractivity contribution is 0.587. The van der Waals surface area contributed by atoms with Crippen molar-refractivity contribution in [2.75, 3.05) is 0 Å². The number of rotatable bonds is 3. The minimum atomic E-state index is -3.55. The van der Waals surface area contributed by atoms with Crippen molar-refractivity contribution in [2.24, 2.45) is 7.05 Å². The van der Waals surface area contributed by atoms with Gasteiger partial charge in [0.2, 0.25) is 0 Å². The Morgan fingerprint density at radius 1 is 1.00 bits per heavy atom. The predicted molar refractivity (Wildman–Crippen MR) is 82.6 cm³/mol. The molecule has 0 unspecified atom stereocenters. The van der Waals surface area contributed by atoms with Gasteiger partial charge in [-0.25, -0.2) is 12.4 Å². The first-order chi connectivity index (χ1) is 10.5. The van der Waals surface area contributed by atoms with E-state index < -0.39 is 10.0 Å². The van der Waals surface area contributed by atoms with Crippen LogP contribution in [0.15, 0.2) is 65.8 Å². The van der Waals surface area contributed by atoms with Crippen molar-refractivity contribution in [1.29, 1.82) is 5.26 Å². The van der Waals surface area contributed by atoms with Gasteiger partial charge in [-0.2, -0.15) is 5.26 Å². The fourth-order valence-electron chi connectivity index (χ4n) is 2.31. The van der Waals surface area contributed by atoms with Crippen molar-refractivity contribution in [1.82, 2.24) is 8.54 Å². The van der Waals surface area contributed by atoms with E-state index in [4.69, 9.17) is 5.26 Å². The Morgan fingerprint density at radius 2 is 1.64 bits per heavy atom. The largest absolute Gasteiger partial charge is 0.335 e. The maximum Gasteiger partial charge on any atom is 0.267 e. The molecule has 2 aromatic heterocycles. The zero-order valence-electron chi connectivity index (χ0n) is 11.8. The monoisotopic (exact) mass is 311 g/mol. The molecule has 3 rings (SSSR count). The number of hydrogen-bond donors (Lipinski definition) is 0. The summed E-state index contributed by atoms with van der Waals surface area (Å²) in [6.07, 6.45) is 3.00. The first-order valence-electron chi connectivity index (χ1n) is 6.59. The molecule has 110 valence electrons. The molecule has 0 saturated carbocycles. The summed E-state index contributed by atoms with van der Waals surface area (Å²) >= 11 is 0. The lowest BCUT2D eigenvalue weighted by atomic mass is 10.1. The molecule has 22 heavy (non-hydrogen) atoms. The Hall–Kier alpha value is -2.78. The van der Waals surface area contributed by atoms with Gasteiger partial charge in [0.15, 0.2) is 0 Å². The summed E-state index contributed by atoms with van der Waals surface area (Å²) in [4.78, 5) is 0.224. The molecule has 0 aliphatic heterocycles. The van der Waals surface area contributed by atoms with Crippen molar-refractivity contribution in [2.45, 2.75) is 4.90 Å². The Kier molecular flexibility index (Phi) is 3.35. The highest BCUT2D eigenvalue weighted by molar-refractivity contribution is 7.90. The second-order valence-electron chi connectivity index (χ2n) is 4.82. The van der Waals surface area contributed by atoms with Crippen LogP contribution < -0.4 is 0 Å². The summed E-state index contributed by atoms with van der Waals surface area (Å²) in [6, 6.07) is 15.6. The van der Waals surface area contributed by atoms with Crippen molar-refractivity contribution in [3.05, 3.63) is 66.6 Å². The van der Waals surface area contributed by atoms with Gasteiger partial charge >= 0.3 is 0 Å². The molecule has 0 aliphatic carbocycles. The second-order valence-corrected chi connectivity index (χ2v) is 6.66. The van der Waals surface area contributed by atoms with Gasteiger partial charge in [-0.1, -0.05) is 12.1 Å². The van der Waals surface area contributed by atoms with E-state index in [9.17, 15) is 8.42 Å². The number of hydrogen-bond acceptors (Lipinski definition) is 3. The average molecular weight is 311 g/mol. The van der Waals surface area contributed by atoms with Gasteiger partial charge in [0.25, 0.3) is 10.0 Å². The quantitative estimate of drug-likeness (QED) is 0.746. The summed E-state index contributed by atoms with van der Waals surface area (Å²) < 4.78 is 27.7. The molecule has 2 heterocycles. The van der Waals surface area contributed by atoms with Crippen molar-refractivity contribution in [3.8, 4) is 17.3 Å². The van der Waals surface area contributed by atoms with Crippen LogP contribution in [0.2, 0.25) is 0 Å². The second kappa shape index (κ2) is 5.20. The SMILES string of the molecule is Cn1c(C#N)ccc1-c1ccc(S(=O)(=O)n2cccc2)cc1. The summed E-state index contributed by atoms with van der Waals surface area (Å²) in [5, 5.41) is 8.98. The van der Waals surface area contributed by atoms with Gasteiger partial charge in [0.1, 0.15) is 11.8 Å². The first kappa shape index (κ1) is 14.2. The fraction of sp³-hybridized carbons (Fsp3) is 0.0625. The molecular weight excluding hydrogens is 298 g/mol. The van der Waals surface area contributed by atoms with Crippen molar-refractivity contribution in [3.63, 3.8) is 0 Å². The Morgan fingerprint density at radius 3 is 2.18 bits per heavy atom. The minimum absolute atomic E-state index is 0.224. The smallest absolute Gasteiger partial charge is 0.267 e. The van der Waals surface area contributed by atoms with Crippen LogP contribution in [0.1, 0.15) is 5.69 Å². The molecule has 0 atom stereocenters. The highest BCUT2D eigenvalue weighted by Crippen LogP contribution is 2.23. The van der Waals surface area contributed by atoms with E-state index in [-0.39, 0.29) is 4.90 Å². The molecule has 0 spiro atoms. The Labute approximate surface area is 128 Å². The van der Waals surface area contributed by atoms with Crippen LogP contribution in [0.4, 0.5) is 0 Å². The van der Waals surface area contributed by atoms with E-state index in [2.05, 4.69) is 6.07 Å². The standard InChI is InChI=1S/C16H13N3O2S/c1-18-14(12-17)6-9-16(18)13-4-7-15(8-5-13)22(20,21)19-10-2-3-11-19/h2-11H,1H3. The summed E-state index contributed by atoms with van der Waals surface area (Å²) in [5.74, 6) is 0. The van der Waals surface area contributed by atoms with E-state index in [1.54, 1.807) is 54.1 Å². The van der Waals surface area contributed by atoms with Gasteiger partial charge in [-0.15, -0.1) is 0 Å². The molecule has 0 N–H and O–H groups in total. The summed E-state index contributed by atoms with van der Waals surface area (Å²) in [6.45, 7) is 0. The van der Waals surface area contributed by atoms with Crippen LogP contribution in [0.3, 0.4) is 0 Å². The normalized spacial score (nSPS) is 11.3. The van der Waals surface area contributed by atoms with Gasteiger partial charge < -0.3 is 4.57 Å². The molecule has 5 nitrogen and oxygen atoms in total. The van der Waals surface area contributed by atoms with Crippen LogP contribution in [0.25, 0.3) is 11.3 Å². The van der Waals surface area contributed by atoms with Crippen LogP contribution in [-0.4, -0.2) is 17.0 Å². The minimum Gasteiger partial charge on any atom is -0.335 e. The highest BCUT2D eigenvalue weighted by Gasteiger charge is 2.16. The molecule has 0 fully saturated rings. The molecule has 0 radical (unpaired) electrons. The maximum absolute atomic E-state index is 12.4. The molecule has 1 aromatic carbocycles. The highest BCUT2D eigenvalue weighted by atomic mass is 32.2. The fourth-order valence-corrected chi connectivity index (χ4v) is 3.50. The third-order valence-corrected chi connectivity index (χ3v) is 5.21. The van der Waals surface area contributed by atoms with E-state index in [1.165, 1.54) is 16.4 Å². The maximum atomic E-state index is 12.4. The first-order valence-corrected chi connectivity index (χ1v) is 8.03. The summed E-state index contributed by atoms with van der Waals surface area (Å²) in [5.41, 5.74) is 2.27. The summed E-state index contributed by atoms with van der Waals surface area (Å²) in [7, 11) is -1.74. The third-order valence-electron chi connectivity index (χ3n) is 3.54. The Bertz CT molecular complexity index is 944. The van der Waals surface area contributed by atoms with E-state index in [0.717, 1.165) is 11.3 Å². The van der Waals surface area contributed by atoms with Gasteiger partial charge in [0.05, 0.1) is 4.90 Å². The zero-order valence-corrected chi connectivity index (χ0v) is 12.7. The molecule has 6 heteroatoms. The van der Waals surface area contributed by atoms with Gasteiger partial charge in [0, 0.05) is 25.1 Å². The van der Waals surface area contributed by atoms with E-state index in [1.807, 2.05) is 6.07 Å². The lowest BCUT2D eigenvalue weighted by Gasteiger charge is -2.08. The van der Waals surface area contributed by atoms with Crippen LogP contribution >= 0.6 is 0 Å². The lowest BCUT2D eigenvalue weighted by Crippen LogP contribution is -2.10. The number of nitrogens with zero attached hydrogens (tertiary/aromatic N) is 3. The molecular formula is C16H13N3O2S. The van der Waals surface area contributed by atoms with E-state index in [0.29, 0.717) is 5.69 Å². The van der Waals surface area contributed by atoms with Crippen LogP contribution in [-0.2, 0) is 17.1 Å². The average Bonchev–Trinajstić information content (AvgIpc) is 3.17. The van der Waals surface area contributed by atoms with Crippen LogP contribution in [0.5, 0.6) is 0 Å². The zero-order chi connectivity index (χ0) is 15.7. The number of aromatic nitrogens is 2. The van der Waals surface area contributed by atoms with Crippen molar-refractivity contribution >= 4 is 10.0 Å². The third kappa shape index (κ3) is 2.22. The van der Waals surface area contributed by atoms with Gasteiger partial charge in [-0.05, 0) is 42.0 Å². The van der Waals surface area contributed by atoms with Gasteiger partial charge in [-0.3, -0.25) is 0 Å². The molecule has 0 bridgehead atoms. The van der Waals surface area contributed by atoms with E-state index >= 15 is 0 Å².